The minimum atomic E-state index is -0.442. The summed E-state index contributed by atoms with van der Waals surface area (Å²) in [5, 5.41) is 19.1. The molecule has 136 valence electrons. The third-order valence-electron chi connectivity index (χ3n) is 6.11. The summed E-state index contributed by atoms with van der Waals surface area (Å²) in [4.78, 5) is 0. The van der Waals surface area contributed by atoms with Crippen molar-refractivity contribution in [3.05, 3.63) is 47.8 Å². The quantitative estimate of drug-likeness (QED) is 0.739. The second-order valence-electron chi connectivity index (χ2n) is 7.36. The molecule has 2 N–H and O–H groups in total. The van der Waals surface area contributed by atoms with E-state index in [1.54, 1.807) is 0 Å². The number of hydrogen-bond acceptors (Lipinski definition) is 3. The van der Waals surface area contributed by atoms with E-state index in [1.807, 2.05) is 24.4 Å². The molecule has 1 aromatic rings. The van der Waals surface area contributed by atoms with E-state index in [4.69, 9.17) is 5.10 Å². The van der Waals surface area contributed by atoms with E-state index in [2.05, 4.69) is 37.5 Å². The molecule has 0 bridgehead atoms. The molecule has 0 aromatic heterocycles. The van der Waals surface area contributed by atoms with Gasteiger partial charge in [-0.15, -0.1) is 0 Å². The molecule has 25 heavy (non-hydrogen) atoms. The molecule has 3 rings (SSSR count). The van der Waals surface area contributed by atoms with Crippen LogP contribution in [-0.2, 0) is 5.54 Å². The Labute approximate surface area is 151 Å². The molecule has 1 heterocycles. The van der Waals surface area contributed by atoms with Crippen molar-refractivity contribution in [2.24, 2.45) is 5.10 Å². The predicted molar refractivity (Wildman–Crippen MR) is 103 cm³/mol. The average molecular weight is 343 g/mol. The zero-order valence-electron chi connectivity index (χ0n) is 15.6. The number of likely N-dealkylation sites (N-methyl/N-ethyl adjacent to an activating group) is 1. The predicted octanol–water partition coefficient (Wildman–Crippen LogP) is 3.88. The topological polar surface area (TPSA) is 44.6 Å². The zero-order valence-corrected chi connectivity index (χ0v) is 15.6. The van der Waals surface area contributed by atoms with E-state index in [-0.39, 0.29) is 6.61 Å². The molecule has 2 atom stereocenters. The van der Waals surface area contributed by atoms with Gasteiger partial charge in [-0.1, -0.05) is 61.6 Å². The van der Waals surface area contributed by atoms with Crippen LogP contribution in [0.2, 0.25) is 0 Å². The summed E-state index contributed by atoms with van der Waals surface area (Å²) in [5.74, 6) is 0. The Hall–Kier alpha value is -1.65. The maximum Gasteiger partial charge on any atom is 0.176 e. The average Bonchev–Trinajstić information content (AvgIpc) is 3.09. The summed E-state index contributed by atoms with van der Waals surface area (Å²) < 4.78 is 0.430. The Morgan fingerprint density at radius 2 is 1.88 bits per heavy atom. The first-order valence-electron chi connectivity index (χ1n) is 9.79. The maximum absolute atomic E-state index is 10.5. The molecule has 1 fully saturated rings. The number of allylic oxidation sites excluding steroid dienone is 1. The normalized spacial score (nSPS) is 26.3. The number of nitrogens with zero attached hydrogens (tertiary/aromatic N) is 2. The van der Waals surface area contributed by atoms with Gasteiger partial charge in [-0.2, -0.15) is 4.59 Å². The summed E-state index contributed by atoms with van der Waals surface area (Å²) in [6.07, 6.45) is 11.5. The van der Waals surface area contributed by atoms with Crippen LogP contribution in [0, 0.1) is 0 Å². The number of rotatable bonds is 7. The Morgan fingerprint density at radius 3 is 2.48 bits per heavy atom. The summed E-state index contributed by atoms with van der Waals surface area (Å²) in [6.45, 7) is 5.19. The molecule has 0 spiro atoms. The second-order valence-corrected chi connectivity index (χ2v) is 7.36. The van der Waals surface area contributed by atoms with Crippen LogP contribution in [0.4, 0.5) is 0 Å². The summed E-state index contributed by atoms with van der Waals surface area (Å²) >= 11 is 0. The van der Waals surface area contributed by atoms with Crippen LogP contribution in [0.3, 0.4) is 0 Å². The molecule has 4 nitrogen and oxygen atoms in total. The Kier molecular flexibility index (Phi) is 5.60. The molecule has 1 aliphatic heterocycles. The highest BCUT2D eigenvalue weighted by Gasteiger charge is 2.52. The van der Waals surface area contributed by atoms with Gasteiger partial charge in [-0.05, 0) is 19.8 Å². The Balaban J connectivity index is 1.92. The number of aliphatic hydroxyl groups is 1. The Bertz CT molecular complexity index is 615. The van der Waals surface area contributed by atoms with Crippen LogP contribution < -0.4 is 5.32 Å². The third kappa shape index (κ3) is 3.25. The van der Waals surface area contributed by atoms with Crippen LogP contribution >= 0.6 is 0 Å². The number of benzene rings is 1. The van der Waals surface area contributed by atoms with Gasteiger partial charge in [0.25, 0.3) is 0 Å². The van der Waals surface area contributed by atoms with Crippen molar-refractivity contribution in [3.8, 4) is 0 Å². The highest BCUT2D eigenvalue weighted by Crippen LogP contribution is 2.41. The molecular formula is C21H32N3O+. The molecule has 0 amide bonds. The first-order valence-corrected chi connectivity index (χ1v) is 9.79. The van der Waals surface area contributed by atoms with E-state index in [9.17, 15) is 5.11 Å². The van der Waals surface area contributed by atoms with Gasteiger partial charge in [-0.25, -0.2) is 0 Å². The number of quaternary nitrogens is 1. The Morgan fingerprint density at radius 1 is 1.16 bits per heavy atom. The lowest BCUT2D eigenvalue weighted by Crippen LogP contribution is -2.56. The molecule has 0 radical (unpaired) electrons. The van der Waals surface area contributed by atoms with Gasteiger partial charge in [0.15, 0.2) is 5.54 Å². The minimum Gasteiger partial charge on any atom is -0.389 e. The van der Waals surface area contributed by atoms with Crippen molar-refractivity contribution in [1.29, 1.82) is 0 Å². The fourth-order valence-corrected chi connectivity index (χ4v) is 4.50. The van der Waals surface area contributed by atoms with Crippen LogP contribution in [-0.4, -0.2) is 35.1 Å². The maximum atomic E-state index is 10.5. The zero-order chi connectivity index (χ0) is 17.8. The van der Waals surface area contributed by atoms with E-state index in [1.165, 1.54) is 32.1 Å². The van der Waals surface area contributed by atoms with Crippen molar-refractivity contribution in [1.82, 2.24) is 5.32 Å². The number of aliphatic hydroxyl groups excluding tert-OH is 1. The molecule has 2 aliphatic rings. The lowest BCUT2D eigenvalue weighted by Gasteiger charge is -2.43. The van der Waals surface area contributed by atoms with Gasteiger partial charge >= 0.3 is 0 Å². The van der Waals surface area contributed by atoms with Crippen LogP contribution in [0.15, 0.2) is 47.3 Å². The smallest absolute Gasteiger partial charge is 0.176 e. The van der Waals surface area contributed by atoms with Crippen molar-refractivity contribution >= 4 is 6.21 Å². The largest absolute Gasteiger partial charge is 0.389 e. The van der Waals surface area contributed by atoms with Crippen molar-refractivity contribution in [2.75, 3.05) is 13.2 Å². The summed E-state index contributed by atoms with van der Waals surface area (Å²) in [7, 11) is 0. The van der Waals surface area contributed by atoms with E-state index in [0.717, 1.165) is 24.2 Å². The van der Waals surface area contributed by atoms with Gasteiger partial charge in [0.05, 0.1) is 0 Å². The first kappa shape index (κ1) is 18.2. The molecule has 1 aromatic carbocycles. The van der Waals surface area contributed by atoms with Gasteiger partial charge in [-0.3, -0.25) is 0 Å². The fourth-order valence-electron chi connectivity index (χ4n) is 4.50. The molecule has 1 aliphatic carbocycles. The minimum absolute atomic E-state index is 0.0753. The van der Waals surface area contributed by atoms with Gasteiger partial charge in [0.2, 0.25) is 0 Å². The van der Waals surface area contributed by atoms with E-state index < -0.39 is 5.54 Å². The van der Waals surface area contributed by atoms with Gasteiger partial charge in [0.1, 0.15) is 31.3 Å². The molecule has 2 unspecified atom stereocenters. The first-order chi connectivity index (χ1) is 12.2. The molecule has 1 saturated carbocycles. The van der Waals surface area contributed by atoms with Gasteiger partial charge in [0, 0.05) is 18.0 Å². The van der Waals surface area contributed by atoms with Crippen molar-refractivity contribution in [3.63, 3.8) is 0 Å². The fraction of sp³-hybridized carbons (Fsp3) is 0.571. The van der Waals surface area contributed by atoms with Crippen LogP contribution in [0.5, 0.6) is 0 Å². The molecule has 0 saturated heterocycles. The highest BCUT2D eigenvalue weighted by atomic mass is 16.3. The van der Waals surface area contributed by atoms with E-state index in [0.29, 0.717) is 10.6 Å². The van der Waals surface area contributed by atoms with Crippen molar-refractivity contribution in [2.45, 2.75) is 64.0 Å². The monoisotopic (exact) mass is 342 g/mol. The second kappa shape index (κ2) is 7.71. The van der Waals surface area contributed by atoms with Crippen molar-refractivity contribution < 1.29 is 9.70 Å². The van der Waals surface area contributed by atoms with E-state index >= 15 is 0 Å². The summed E-state index contributed by atoms with van der Waals surface area (Å²) in [5.41, 5.74) is 1.81. The van der Waals surface area contributed by atoms with Crippen LogP contribution in [0.1, 0.15) is 57.9 Å². The lowest BCUT2D eigenvalue weighted by molar-refractivity contribution is -0.943. The van der Waals surface area contributed by atoms with Gasteiger partial charge < -0.3 is 10.4 Å². The summed E-state index contributed by atoms with van der Waals surface area (Å²) in [6, 6.07) is 10.9. The number of nitrogens with one attached hydrogen (secondary N) is 1. The van der Waals surface area contributed by atoms with Crippen LogP contribution in [0.25, 0.3) is 0 Å². The SMILES string of the molecule is CCC(CO)(c1ccccc1)[N+]1(CC)C=C(NC2CCCCC2)C=N1. The third-order valence-corrected chi connectivity index (χ3v) is 6.11. The standard InChI is InChI=1S/C21H32N3O/c1-3-21(17-25,18-11-7-5-8-12-18)24(4-2)16-20(15-22-24)23-19-13-9-6-10-14-19/h5,7-8,11-12,15-16,19,23,25H,3-4,6,9-10,13-14,17H2,1-2H3/q+1. The lowest BCUT2D eigenvalue weighted by atomic mass is 9.85. The number of hydrogen-bond donors (Lipinski definition) is 2. The highest BCUT2D eigenvalue weighted by molar-refractivity contribution is 5.78. The molecule has 4 heteroatoms. The molecular weight excluding hydrogens is 310 g/mol.